The van der Waals surface area contributed by atoms with Crippen LogP contribution in [0.2, 0.25) is 0 Å². The zero-order chi connectivity index (χ0) is 22.3. The predicted molar refractivity (Wildman–Crippen MR) is 122 cm³/mol. The summed E-state index contributed by atoms with van der Waals surface area (Å²) in [5, 5.41) is 5.89. The highest BCUT2D eigenvalue weighted by Gasteiger charge is 2.21. The first kappa shape index (κ1) is 22.8. The van der Waals surface area contributed by atoms with Gasteiger partial charge in [0.1, 0.15) is 5.60 Å². The van der Waals surface area contributed by atoms with E-state index in [0.717, 1.165) is 38.0 Å². The van der Waals surface area contributed by atoms with E-state index in [1.54, 1.807) is 6.07 Å². The second-order valence-corrected chi connectivity index (χ2v) is 9.07. The van der Waals surface area contributed by atoms with Crippen molar-refractivity contribution < 1.29 is 14.3 Å². The van der Waals surface area contributed by atoms with Crippen LogP contribution < -0.4 is 10.6 Å². The van der Waals surface area contributed by atoms with Crippen molar-refractivity contribution >= 4 is 12.0 Å². The molecule has 3 rings (SSSR count). The third kappa shape index (κ3) is 7.72. The Bertz CT molecular complexity index is 869. The lowest BCUT2D eigenvalue weighted by atomic mass is 10.0. The van der Waals surface area contributed by atoms with Gasteiger partial charge in [0, 0.05) is 37.8 Å². The second-order valence-electron chi connectivity index (χ2n) is 9.07. The molecule has 0 saturated carbocycles. The number of likely N-dealkylation sites (tertiary alicyclic amines) is 1. The second kappa shape index (κ2) is 10.4. The van der Waals surface area contributed by atoms with Gasteiger partial charge in [-0.3, -0.25) is 9.69 Å². The lowest BCUT2D eigenvalue weighted by Crippen LogP contribution is -2.44. The molecule has 1 saturated heterocycles. The number of piperidine rings is 1. The van der Waals surface area contributed by atoms with Crippen molar-refractivity contribution in [3.05, 3.63) is 71.3 Å². The van der Waals surface area contributed by atoms with Crippen molar-refractivity contribution in [1.82, 2.24) is 15.5 Å². The molecule has 2 N–H and O–H groups in total. The van der Waals surface area contributed by atoms with Gasteiger partial charge in [-0.2, -0.15) is 0 Å². The average molecular weight is 424 g/mol. The molecule has 6 heteroatoms. The predicted octanol–water partition coefficient (Wildman–Crippen LogP) is 4.11. The van der Waals surface area contributed by atoms with Crippen LogP contribution in [-0.4, -0.2) is 41.6 Å². The molecule has 0 aromatic heterocycles. The van der Waals surface area contributed by atoms with Gasteiger partial charge in [0.25, 0.3) is 5.91 Å². The van der Waals surface area contributed by atoms with Gasteiger partial charge in [-0.05, 0) is 56.9 Å². The summed E-state index contributed by atoms with van der Waals surface area (Å²) in [6.07, 6.45) is 1.42. The number of nitrogens with zero attached hydrogens (tertiary/aromatic N) is 1. The Balaban J connectivity index is 1.45. The highest BCUT2D eigenvalue weighted by atomic mass is 16.6. The Kier molecular flexibility index (Phi) is 7.69. The number of hydrogen-bond donors (Lipinski definition) is 2. The summed E-state index contributed by atoms with van der Waals surface area (Å²) in [5.41, 5.74) is 2.25. The normalized spacial score (nSPS) is 15.3. The number of nitrogens with one attached hydrogen (secondary N) is 2. The number of rotatable bonds is 6. The average Bonchev–Trinajstić information content (AvgIpc) is 2.73. The summed E-state index contributed by atoms with van der Waals surface area (Å²) in [4.78, 5) is 27.0. The van der Waals surface area contributed by atoms with Gasteiger partial charge in [0.2, 0.25) is 0 Å². The standard InChI is InChI=1S/C25H33N3O3/c1-25(2,3)31-24(30)26-17-20-10-7-11-21(16-20)23(29)27-22-12-14-28(15-13-22)18-19-8-5-4-6-9-19/h4-11,16,22H,12-15,17-18H2,1-3H3,(H,26,30)(H,27,29). The molecule has 31 heavy (non-hydrogen) atoms. The van der Waals surface area contributed by atoms with Crippen LogP contribution in [0.3, 0.4) is 0 Å². The van der Waals surface area contributed by atoms with Crippen molar-refractivity contribution in [1.29, 1.82) is 0 Å². The largest absolute Gasteiger partial charge is 0.444 e. The third-order valence-corrected chi connectivity index (χ3v) is 5.20. The fraction of sp³-hybridized carbons (Fsp3) is 0.440. The first-order chi connectivity index (χ1) is 14.8. The van der Waals surface area contributed by atoms with Gasteiger partial charge in [-0.15, -0.1) is 0 Å². The Morgan fingerprint density at radius 1 is 1.00 bits per heavy atom. The maximum atomic E-state index is 12.7. The van der Waals surface area contributed by atoms with Gasteiger partial charge in [0.05, 0.1) is 0 Å². The number of carbonyl (C=O) groups is 2. The molecule has 2 aromatic rings. The van der Waals surface area contributed by atoms with Crippen LogP contribution in [-0.2, 0) is 17.8 Å². The van der Waals surface area contributed by atoms with Crippen molar-refractivity contribution in [3.63, 3.8) is 0 Å². The number of alkyl carbamates (subject to hydrolysis) is 1. The summed E-state index contributed by atoms with van der Waals surface area (Å²) < 4.78 is 5.25. The monoisotopic (exact) mass is 423 g/mol. The van der Waals surface area contributed by atoms with E-state index in [-0.39, 0.29) is 11.9 Å². The molecule has 2 amide bonds. The molecule has 0 aliphatic carbocycles. The van der Waals surface area contributed by atoms with Gasteiger partial charge in [-0.1, -0.05) is 42.5 Å². The number of benzene rings is 2. The van der Waals surface area contributed by atoms with E-state index < -0.39 is 11.7 Å². The van der Waals surface area contributed by atoms with Crippen LogP contribution in [0.15, 0.2) is 54.6 Å². The minimum absolute atomic E-state index is 0.0689. The fourth-order valence-electron chi connectivity index (χ4n) is 3.66. The SMILES string of the molecule is CC(C)(C)OC(=O)NCc1cccc(C(=O)NC2CCN(Cc3ccccc3)CC2)c1. The summed E-state index contributed by atoms with van der Waals surface area (Å²) >= 11 is 0. The van der Waals surface area contributed by atoms with Crippen LogP contribution in [0, 0.1) is 0 Å². The zero-order valence-electron chi connectivity index (χ0n) is 18.7. The number of ether oxygens (including phenoxy) is 1. The highest BCUT2D eigenvalue weighted by molar-refractivity contribution is 5.94. The number of amides is 2. The number of hydrogen-bond acceptors (Lipinski definition) is 4. The Morgan fingerprint density at radius 2 is 1.68 bits per heavy atom. The molecule has 1 fully saturated rings. The lowest BCUT2D eigenvalue weighted by molar-refractivity contribution is 0.0523. The molecule has 1 aliphatic rings. The van der Waals surface area contributed by atoms with Crippen LogP contribution in [0.5, 0.6) is 0 Å². The third-order valence-electron chi connectivity index (χ3n) is 5.20. The molecule has 6 nitrogen and oxygen atoms in total. The lowest BCUT2D eigenvalue weighted by Gasteiger charge is -2.32. The summed E-state index contributed by atoms with van der Waals surface area (Å²) in [6.45, 7) is 8.68. The van der Waals surface area contributed by atoms with Crippen molar-refractivity contribution in [2.45, 2.75) is 58.3 Å². The maximum Gasteiger partial charge on any atom is 0.407 e. The molecule has 2 aromatic carbocycles. The van der Waals surface area contributed by atoms with E-state index in [9.17, 15) is 9.59 Å². The molecule has 0 spiro atoms. The molecular formula is C25H33N3O3. The summed E-state index contributed by atoms with van der Waals surface area (Å²) in [5.74, 6) is -0.0689. The van der Waals surface area contributed by atoms with E-state index in [4.69, 9.17) is 4.74 Å². The van der Waals surface area contributed by atoms with E-state index in [1.165, 1.54) is 5.56 Å². The smallest absolute Gasteiger partial charge is 0.407 e. The quantitative estimate of drug-likeness (QED) is 0.734. The van der Waals surface area contributed by atoms with E-state index >= 15 is 0 Å². The molecule has 0 bridgehead atoms. The molecule has 0 radical (unpaired) electrons. The van der Waals surface area contributed by atoms with E-state index in [0.29, 0.717) is 12.1 Å². The van der Waals surface area contributed by atoms with Gasteiger partial charge < -0.3 is 15.4 Å². The molecule has 0 unspecified atom stereocenters. The molecule has 1 aliphatic heterocycles. The molecule has 0 atom stereocenters. The summed E-state index contributed by atoms with van der Waals surface area (Å²) in [6, 6.07) is 18.0. The van der Waals surface area contributed by atoms with Crippen molar-refractivity contribution in [2.24, 2.45) is 0 Å². The topological polar surface area (TPSA) is 70.7 Å². The molecule has 166 valence electrons. The molecule has 1 heterocycles. The summed E-state index contributed by atoms with van der Waals surface area (Å²) in [7, 11) is 0. The van der Waals surface area contributed by atoms with E-state index in [2.05, 4.69) is 39.8 Å². The van der Waals surface area contributed by atoms with E-state index in [1.807, 2.05) is 45.0 Å². The Labute approximate surface area is 185 Å². The van der Waals surface area contributed by atoms with Crippen LogP contribution in [0.4, 0.5) is 4.79 Å². The Hall–Kier alpha value is -2.86. The first-order valence-corrected chi connectivity index (χ1v) is 10.9. The fourth-order valence-corrected chi connectivity index (χ4v) is 3.66. The number of carbonyl (C=O) groups excluding carboxylic acids is 2. The van der Waals surface area contributed by atoms with Gasteiger partial charge in [-0.25, -0.2) is 4.79 Å². The zero-order valence-corrected chi connectivity index (χ0v) is 18.7. The van der Waals surface area contributed by atoms with Crippen LogP contribution >= 0.6 is 0 Å². The van der Waals surface area contributed by atoms with Crippen molar-refractivity contribution in [3.8, 4) is 0 Å². The van der Waals surface area contributed by atoms with Crippen LogP contribution in [0.1, 0.15) is 55.1 Å². The minimum atomic E-state index is -0.539. The van der Waals surface area contributed by atoms with Gasteiger partial charge >= 0.3 is 6.09 Å². The molecular weight excluding hydrogens is 390 g/mol. The maximum absolute atomic E-state index is 12.7. The van der Waals surface area contributed by atoms with Gasteiger partial charge in [0.15, 0.2) is 0 Å². The Morgan fingerprint density at radius 3 is 2.35 bits per heavy atom. The first-order valence-electron chi connectivity index (χ1n) is 10.9. The highest BCUT2D eigenvalue weighted by Crippen LogP contribution is 2.15. The minimum Gasteiger partial charge on any atom is -0.444 e. The van der Waals surface area contributed by atoms with Crippen molar-refractivity contribution in [2.75, 3.05) is 13.1 Å². The van der Waals surface area contributed by atoms with Crippen LogP contribution in [0.25, 0.3) is 0 Å².